The molecule has 0 aliphatic rings. The van der Waals surface area contributed by atoms with E-state index in [9.17, 15) is 27.6 Å². The molecule has 2 amide bonds. The number of fused-ring (bicyclic) bond motifs is 1. The van der Waals surface area contributed by atoms with Gasteiger partial charge in [-0.1, -0.05) is 19.9 Å². The van der Waals surface area contributed by atoms with E-state index in [4.69, 9.17) is 4.74 Å². The standard InChI is InChI=1S/C29H30F3N5O4S/c1-5-33-28(40)36-24-12-19(26-35-23(15-42-26)29(30,31)32)20(13-34-24)17-7-8-18-22(11-17)37(10-9-16(3)4)14-21(25(18)38)27(39)41-6-2/h7-8,11-16H,5-6,9-10H2,1-4H3,(H2,33,34,36,40). The minimum atomic E-state index is -4.63. The molecule has 0 unspecified atom stereocenters. The first-order valence-corrected chi connectivity index (χ1v) is 14.2. The second-order valence-corrected chi connectivity index (χ2v) is 10.7. The highest BCUT2D eigenvalue weighted by Gasteiger charge is 2.34. The molecule has 42 heavy (non-hydrogen) atoms. The molecule has 0 saturated carbocycles. The number of hydrogen-bond donors (Lipinski definition) is 2. The van der Waals surface area contributed by atoms with E-state index >= 15 is 0 Å². The minimum Gasteiger partial charge on any atom is -0.462 e. The predicted octanol–water partition coefficient (Wildman–Crippen LogP) is 6.57. The van der Waals surface area contributed by atoms with Crippen LogP contribution in [0.2, 0.25) is 0 Å². The Labute approximate surface area is 243 Å². The predicted molar refractivity (Wildman–Crippen MR) is 156 cm³/mol. The van der Waals surface area contributed by atoms with Crippen molar-refractivity contribution in [2.24, 2.45) is 5.92 Å². The van der Waals surface area contributed by atoms with Crippen molar-refractivity contribution in [3.63, 3.8) is 0 Å². The first-order chi connectivity index (χ1) is 19.9. The van der Waals surface area contributed by atoms with E-state index in [-0.39, 0.29) is 23.0 Å². The van der Waals surface area contributed by atoms with Gasteiger partial charge >= 0.3 is 18.2 Å². The van der Waals surface area contributed by atoms with Gasteiger partial charge in [-0.2, -0.15) is 13.2 Å². The summed E-state index contributed by atoms with van der Waals surface area (Å²) in [6.45, 7) is 8.50. The summed E-state index contributed by atoms with van der Waals surface area (Å²) in [7, 11) is 0. The largest absolute Gasteiger partial charge is 0.462 e. The molecule has 3 heterocycles. The summed E-state index contributed by atoms with van der Waals surface area (Å²) in [5, 5.41) is 6.45. The number of aromatic nitrogens is 3. The number of urea groups is 1. The smallest absolute Gasteiger partial charge is 0.434 e. The summed E-state index contributed by atoms with van der Waals surface area (Å²) in [6.07, 6.45) is -0.938. The zero-order valence-corrected chi connectivity index (χ0v) is 24.3. The Morgan fingerprint density at radius 1 is 1.14 bits per heavy atom. The van der Waals surface area contributed by atoms with Crippen LogP contribution < -0.4 is 16.1 Å². The fourth-order valence-electron chi connectivity index (χ4n) is 4.27. The van der Waals surface area contributed by atoms with Crippen LogP contribution >= 0.6 is 11.3 Å². The lowest BCUT2D eigenvalue weighted by Gasteiger charge is -2.16. The van der Waals surface area contributed by atoms with E-state index in [2.05, 4.69) is 34.4 Å². The average Bonchev–Trinajstić information content (AvgIpc) is 3.44. The maximum Gasteiger partial charge on any atom is 0.434 e. The molecular weight excluding hydrogens is 571 g/mol. The van der Waals surface area contributed by atoms with Gasteiger partial charge in [0.1, 0.15) is 16.4 Å². The number of nitrogens with one attached hydrogen (secondary N) is 2. The molecule has 0 fully saturated rings. The third kappa shape index (κ3) is 6.78. The lowest BCUT2D eigenvalue weighted by atomic mass is 9.99. The van der Waals surface area contributed by atoms with Crippen molar-refractivity contribution in [3.05, 3.63) is 63.5 Å². The quantitative estimate of drug-likeness (QED) is 0.210. The van der Waals surface area contributed by atoms with E-state index in [1.54, 1.807) is 32.0 Å². The van der Waals surface area contributed by atoms with Gasteiger partial charge in [0, 0.05) is 47.4 Å². The van der Waals surface area contributed by atoms with E-state index in [0.717, 1.165) is 23.1 Å². The lowest BCUT2D eigenvalue weighted by Crippen LogP contribution is -2.28. The van der Waals surface area contributed by atoms with Gasteiger partial charge in [0.25, 0.3) is 0 Å². The van der Waals surface area contributed by atoms with Crippen molar-refractivity contribution in [2.75, 3.05) is 18.5 Å². The highest BCUT2D eigenvalue weighted by atomic mass is 32.1. The number of aryl methyl sites for hydroxylation is 1. The second-order valence-electron chi connectivity index (χ2n) is 9.84. The Morgan fingerprint density at radius 3 is 2.55 bits per heavy atom. The zero-order valence-electron chi connectivity index (χ0n) is 23.5. The van der Waals surface area contributed by atoms with Crippen LogP contribution in [0.5, 0.6) is 0 Å². The minimum absolute atomic E-state index is 0.0774. The molecule has 9 nitrogen and oxygen atoms in total. The van der Waals surface area contributed by atoms with Gasteiger partial charge in [-0.15, -0.1) is 11.3 Å². The van der Waals surface area contributed by atoms with Gasteiger partial charge in [-0.05, 0) is 49.9 Å². The maximum atomic E-state index is 13.4. The molecule has 0 atom stereocenters. The zero-order chi connectivity index (χ0) is 30.6. The molecule has 4 aromatic rings. The van der Waals surface area contributed by atoms with E-state index in [1.165, 1.54) is 18.5 Å². The number of alkyl halides is 3. The number of amides is 2. The first-order valence-electron chi connectivity index (χ1n) is 13.4. The van der Waals surface area contributed by atoms with E-state index < -0.39 is 29.3 Å². The molecular formula is C29H30F3N5O4S. The molecule has 0 aliphatic carbocycles. The number of benzene rings is 1. The molecule has 0 bridgehead atoms. The first kappa shape index (κ1) is 30.7. The summed E-state index contributed by atoms with van der Waals surface area (Å²) in [6, 6.07) is 5.90. The van der Waals surface area contributed by atoms with Gasteiger partial charge in [-0.3, -0.25) is 10.1 Å². The number of carbonyl (C=O) groups is 2. The van der Waals surface area contributed by atoms with Gasteiger partial charge in [0.2, 0.25) is 5.43 Å². The van der Waals surface area contributed by atoms with Gasteiger partial charge in [-0.25, -0.2) is 19.6 Å². The topological polar surface area (TPSA) is 115 Å². The Morgan fingerprint density at radius 2 is 1.90 bits per heavy atom. The molecule has 0 radical (unpaired) electrons. The molecule has 4 rings (SSSR count). The van der Waals surface area contributed by atoms with Crippen LogP contribution in [0.3, 0.4) is 0 Å². The van der Waals surface area contributed by atoms with Crippen LogP contribution in [0, 0.1) is 5.92 Å². The normalized spacial score (nSPS) is 11.6. The number of pyridine rings is 2. The number of halogens is 3. The van der Waals surface area contributed by atoms with Crippen molar-refractivity contribution < 1.29 is 27.5 Å². The van der Waals surface area contributed by atoms with Crippen LogP contribution in [0.1, 0.15) is 50.2 Å². The van der Waals surface area contributed by atoms with Crippen molar-refractivity contribution in [2.45, 2.75) is 46.8 Å². The Bertz CT molecular complexity index is 1680. The molecule has 222 valence electrons. The number of anilines is 1. The summed E-state index contributed by atoms with van der Waals surface area (Å²) < 4.78 is 47.1. The Kier molecular flexibility index (Phi) is 9.30. The van der Waals surface area contributed by atoms with E-state index in [0.29, 0.717) is 46.6 Å². The highest BCUT2D eigenvalue weighted by Crippen LogP contribution is 2.39. The number of carbonyl (C=O) groups excluding carboxylic acids is 2. The molecule has 13 heteroatoms. The molecule has 0 aliphatic heterocycles. The summed E-state index contributed by atoms with van der Waals surface area (Å²) in [5.41, 5.74) is 0.263. The van der Waals surface area contributed by atoms with Crippen molar-refractivity contribution in [1.29, 1.82) is 0 Å². The summed E-state index contributed by atoms with van der Waals surface area (Å²) in [4.78, 5) is 46.1. The Balaban J connectivity index is 1.91. The molecule has 3 aromatic heterocycles. The Hall–Kier alpha value is -4.26. The van der Waals surface area contributed by atoms with Crippen LogP contribution in [-0.2, 0) is 17.5 Å². The van der Waals surface area contributed by atoms with Crippen molar-refractivity contribution in [3.8, 4) is 21.7 Å². The third-order valence-electron chi connectivity index (χ3n) is 6.34. The number of ether oxygens (including phenoxy) is 1. The monoisotopic (exact) mass is 601 g/mol. The summed E-state index contributed by atoms with van der Waals surface area (Å²) >= 11 is 0.813. The van der Waals surface area contributed by atoms with Crippen molar-refractivity contribution in [1.82, 2.24) is 19.9 Å². The van der Waals surface area contributed by atoms with Crippen LogP contribution in [-0.4, -0.2) is 39.7 Å². The fourth-order valence-corrected chi connectivity index (χ4v) is 5.13. The molecule has 0 saturated heterocycles. The number of nitrogens with zero attached hydrogens (tertiary/aromatic N) is 3. The van der Waals surface area contributed by atoms with Crippen LogP contribution in [0.4, 0.5) is 23.8 Å². The molecule has 1 aromatic carbocycles. The number of rotatable bonds is 9. The SMILES string of the molecule is CCNC(=O)Nc1cc(-c2nc(C(F)(F)F)cs2)c(-c2ccc3c(=O)c(C(=O)OCC)cn(CCC(C)C)c3c2)cn1. The number of thiazole rings is 1. The average molecular weight is 602 g/mol. The van der Waals surface area contributed by atoms with Gasteiger partial charge in [0.15, 0.2) is 5.69 Å². The summed E-state index contributed by atoms with van der Waals surface area (Å²) in [5.74, 6) is -0.253. The number of esters is 1. The second kappa shape index (κ2) is 12.7. The van der Waals surface area contributed by atoms with Crippen molar-refractivity contribution >= 4 is 40.1 Å². The van der Waals surface area contributed by atoms with E-state index in [1.807, 2.05) is 4.57 Å². The molecule has 2 N–H and O–H groups in total. The van der Waals surface area contributed by atoms with Crippen LogP contribution in [0.25, 0.3) is 32.6 Å². The highest BCUT2D eigenvalue weighted by molar-refractivity contribution is 7.13. The van der Waals surface area contributed by atoms with Crippen LogP contribution in [0.15, 0.2) is 46.8 Å². The fraction of sp³-hybridized carbons (Fsp3) is 0.345. The maximum absolute atomic E-state index is 13.4. The van der Waals surface area contributed by atoms with Gasteiger partial charge in [0.05, 0.1) is 12.1 Å². The number of hydrogen-bond acceptors (Lipinski definition) is 7. The lowest BCUT2D eigenvalue weighted by molar-refractivity contribution is -0.140. The molecule has 0 spiro atoms. The third-order valence-corrected chi connectivity index (χ3v) is 7.22. The van der Waals surface area contributed by atoms with Gasteiger partial charge < -0.3 is 14.6 Å².